The molecule has 0 aromatic carbocycles. The van der Waals surface area contributed by atoms with Gasteiger partial charge in [-0.3, -0.25) is 4.68 Å². The molecular formula is C16H31N3. The van der Waals surface area contributed by atoms with Crippen molar-refractivity contribution in [2.24, 2.45) is 0 Å². The minimum Gasteiger partial charge on any atom is -0.313 e. The third-order valence-corrected chi connectivity index (χ3v) is 3.67. The molecule has 1 heterocycles. The van der Waals surface area contributed by atoms with Gasteiger partial charge in [0.15, 0.2) is 0 Å². The van der Waals surface area contributed by atoms with Crippen LogP contribution in [0.4, 0.5) is 0 Å². The molecule has 0 radical (unpaired) electrons. The molecule has 19 heavy (non-hydrogen) atoms. The van der Waals surface area contributed by atoms with Crippen LogP contribution in [-0.2, 0) is 13.1 Å². The summed E-state index contributed by atoms with van der Waals surface area (Å²) in [6.07, 6.45) is 11.3. The number of nitrogens with one attached hydrogen (secondary N) is 1. The maximum atomic E-state index is 4.51. The smallest absolute Gasteiger partial charge is 0.0537 e. The van der Waals surface area contributed by atoms with Gasteiger partial charge in [0.2, 0.25) is 0 Å². The van der Waals surface area contributed by atoms with Crippen LogP contribution in [0.5, 0.6) is 0 Å². The van der Waals surface area contributed by atoms with Crippen LogP contribution >= 0.6 is 0 Å². The number of rotatable bonds is 11. The minimum atomic E-state index is 0.955. The summed E-state index contributed by atoms with van der Waals surface area (Å²) in [5, 5.41) is 7.95. The molecule has 0 aliphatic carbocycles. The van der Waals surface area contributed by atoms with Crippen molar-refractivity contribution in [1.29, 1.82) is 0 Å². The van der Waals surface area contributed by atoms with Crippen LogP contribution in [-0.4, -0.2) is 16.3 Å². The Morgan fingerprint density at radius 2 is 1.79 bits per heavy atom. The van der Waals surface area contributed by atoms with E-state index in [1.807, 2.05) is 6.20 Å². The van der Waals surface area contributed by atoms with E-state index in [0.717, 1.165) is 19.6 Å². The molecule has 0 aliphatic heterocycles. The maximum absolute atomic E-state index is 4.51. The summed E-state index contributed by atoms with van der Waals surface area (Å²) in [5.74, 6) is 0. The Morgan fingerprint density at radius 3 is 2.53 bits per heavy atom. The SMILES string of the molecule is CCCCCCCCn1ncc(CNCCC)c1C. The molecule has 0 unspecified atom stereocenters. The first-order valence-electron chi connectivity index (χ1n) is 8.01. The highest BCUT2D eigenvalue weighted by atomic mass is 15.3. The monoisotopic (exact) mass is 265 g/mol. The fraction of sp³-hybridized carbons (Fsp3) is 0.812. The number of hydrogen-bond donors (Lipinski definition) is 1. The van der Waals surface area contributed by atoms with Gasteiger partial charge in [0.25, 0.3) is 0 Å². The average molecular weight is 265 g/mol. The molecule has 3 heteroatoms. The largest absolute Gasteiger partial charge is 0.313 e. The Morgan fingerprint density at radius 1 is 1.05 bits per heavy atom. The molecule has 1 aromatic heterocycles. The van der Waals surface area contributed by atoms with Crippen molar-refractivity contribution in [3.8, 4) is 0 Å². The summed E-state index contributed by atoms with van der Waals surface area (Å²) < 4.78 is 2.17. The first kappa shape index (κ1) is 16.2. The predicted molar refractivity (Wildman–Crippen MR) is 82.3 cm³/mol. The second kappa shape index (κ2) is 10.0. The number of nitrogens with zero attached hydrogens (tertiary/aromatic N) is 2. The lowest BCUT2D eigenvalue weighted by Crippen LogP contribution is -2.14. The lowest BCUT2D eigenvalue weighted by Gasteiger charge is -2.06. The van der Waals surface area contributed by atoms with Crippen molar-refractivity contribution in [2.75, 3.05) is 6.54 Å². The van der Waals surface area contributed by atoms with Crippen LogP contribution in [0.2, 0.25) is 0 Å². The van der Waals surface area contributed by atoms with Gasteiger partial charge in [-0.05, 0) is 26.3 Å². The van der Waals surface area contributed by atoms with Crippen molar-refractivity contribution in [3.63, 3.8) is 0 Å². The molecule has 1 N–H and O–H groups in total. The summed E-state index contributed by atoms with van der Waals surface area (Å²) in [6.45, 7) is 9.76. The fourth-order valence-electron chi connectivity index (χ4n) is 2.33. The summed E-state index contributed by atoms with van der Waals surface area (Å²) in [5.41, 5.74) is 2.68. The third-order valence-electron chi connectivity index (χ3n) is 3.67. The van der Waals surface area contributed by atoms with E-state index < -0.39 is 0 Å². The topological polar surface area (TPSA) is 29.9 Å². The Labute approximate surface area is 118 Å². The van der Waals surface area contributed by atoms with E-state index in [2.05, 4.69) is 35.9 Å². The minimum absolute atomic E-state index is 0.955. The van der Waals surface area contributed by atoms with Crippen LogP contribution in [0.3, 0.4) is 0 Å². The van der Waals surface area contributed by atoms with E-state index in [9.17, 15) is 0 Å². The zero-order valence-corrected chi connectivity index (χ0v) is 13.0. The van der Waals surface area contributed by atoms with Crippen molar-refractivity contribution in [3.05, 3.63) is 17.5 Å². The Kier molecular flexibility index (Phi) is 8.55. The first-order valence-corrected chi connectivity index (χ1v) is 8.01. The van der Waals surface area contributed by atoms with Gasteiger partial charge in [-0.25, -0.2) is 0 Å². The van der Waals surface area contributed by atoms with Gasteiger partial charge in [-0.1, -0.05) is 46.0 Å². The molecule has 0 spiro atoms. The second-order valence-electron chi connectivity index (χ2n) is 5.42. The summed E-state index contributed by atoms with van der Waals surface area (Å²) in [7, 11) is 0. The quantitative estimate of drug-likeness (QED) is 0.612. The maximum Gasteiger partial charge on any atom is 0.0537 e. The zero-order chi connectivity index (χ0) is 13.9. The molecule has 110 valence electrons. The van der Waals surface area contributed by atoms with Crippen LogP contribution in [0.1, 0.15) is 70.1 Å². The first-order chi connectivity index (χ1) is 9.29. The van der Waals surface area contributed by atoms with Crippen molar-refractivity contribution >= 4 is 0 Å². The van der Waals surface area contributed by atoms with Gasteiger partial charge in [0.1, 0.15) is 0 Å². The van der Waals surface area contributed by atoms with Gasteiger partial charge in [0, 0.05) is 24.3 Å². The summed E-state index contributed by atoms with van der Waals surface area (Å²) >= 11 is 0. The fourth-order valence-corrected chi connectivity index (χ4v) is 2.33. The highest BCUT2D eigenvalue weighted by Crippen LogP contribution is 2.10. The van der Waals surface area contributed by atoms with E-state index in [1.54, 1.807) is 0 Å². The van der Waals surface area contributed by atoms with Crippen LogP contribution in [0.15, 0.2) is 6.20 Å². The normalized spacial score (nSPS) is 11.1. The molecule has 0 bridgehead atoms. The van der Waals surface area contributed by atoms with E-state index in [1.165, 1.54) is 56.2 Å². The molecule has 1 rings (SSSR count). The summed E-state index contributed by atoms with van der Waals surface area (Å²) in [6, 6.07) is 0. The molecule has 0 amide bonds. The number of unbranched alkanes of at least 4 members (excludes halogenated alkanes) is 5. The number of hydrogen-bond acceptors (Lipinski definition) is 2. The van der Waals surface area contributed by atoms with E-state index >= 15 is 0 Å². The lowest BCUT2D eigenvalue weighted by atomic mass is 10.1. The van der Waals surface area contributed by atoms with Crippen molar-refractivity contribution < 1.29 is 0 Å². The molecular weight excluding hydrogens is 234 g/mol. The highest BCUT2D eigenvalue weighted by molar-refractivity contribution is 5.15. The molecule has 0 saturated carbocycles. The molecule has 0 atom stereocenters. The average Bonchev–Trinajstić information content (AvgIpc) is 2.76. The van der Waals surface area contributed by atoms with Gasteiger partial charge in [-0.15, -0.1) is 0 Å². The van der Waals surface area contributed by atoms with Crippen LogP contribution in [0.25, 0.3) is 0 Å². The third kappa shape index (κ3) is 6.24. The van der Waals surface area contributed by atoms with Gasteiger partial charge < -0.3 is 5.32 Å². The number of aryl methyl sites for hydroxylation is 1. The van der Waals surface area contributed by atoms with Crippen LogP contribution in [0, 0.1) is 6.92 Å². The zero-order valence-electron chi connectivity index (χ0n) is 13.0. The van der Waals surface area contributed by atoms with Gasteiger partial charge in [-0.2, -0.15) is 5.10 Å². The molecule has 1 aromatic rings. The molecule has 0 fully saturated rings. The van der Waals surface area contributed by atoms with E-state index in [0.29, 0.717) is 0 Å². The Balaban J connectivity index is 2.22. The highest BCUT2D eigenvalue weighted by Gasteiger charge is 2.05. The predicted octanol–water partition coefficient (Wildman–Crippen LogP) is 4.05. The summed E-state index contributed by atoms with van der Waals surface area (Å²) in [4.78, 5) is 0. The molecule has 0 aliphatic rings. The lowest BCUT2D eigenvalue weighted by molar-refractivity contribution is 0.519. The van der Waals surface area contributed by atoms with E-state index in [4.69, 9.17) is 0 Å². The van der Waals surface area contributed by atoms with Crippen LogP contribution < -0.4 is 5.32 Å². The van der Waals surface area contributed by atoms with Gasteiger partial charge >= 0.3 is 0 Å². The Bertz CT molecular complexity index is 331. The number of aromatic nitrogens is 2. The second-order valence-corrected chi connectivity index (χ2v) is 5.42. The Hall–Kier alpha value is -0.830. The van der Waals surface area contributed by atoms with Crippen molar-refractivity contribution in [2.45, 2.75) is 78.8 Å². The standard InChI is InChI=1S/C16H31N3/c1-4-6-7-8-9-10-12-19-15(3)16(14-18-19)13-17-11-5-2/h14,17H,4-13H2,1-3H3. The van der Waals surface area contributed by atoms with Crippen molar-refractivity contribution in [1.82, 2.24) is 15.1 Å². The van der Waals surface area contributed by atoms with E-state index in [-0.39, 0.29) is 0 Å². The molecule has 3 nitrogen and oxygen atoms in total. The van der Waals surface area contributed by atoms with Gasteiger partial charge in [0.05, 0.1) is 6.20 Å². The molecule has 0 saturated heterocycles.